The van der Waals surface area contributed by atoms with Crippen LogP contribution in [-0.2, 0) is 11.3 Å². The predicted molar refractivity (Wildman–Crippen MR) is 96.8 cm³/mol. The Morgan fingerprint density at radius 1 is 1.16 bits per heavy atom. The van der Waals surface area contributed by atoms with E-state index < -0.39 is 0 Å². The Kier molecular flexibility index (Phi) is 6.78. The van der Waals surface area contributed by atoms with Gasteiger partial charge in [-0.15, -0.1) is 0 Å². The molecule has 0 bridgehead atoms. The average Bonchev–Trinajstić information content (AvgIpc) is 2.65. The molecule has 0 radical (unpaired) electrons. The van der Waals surface area contributed by atoms with Gasteiger partial charge in [0.2, 0.25) is 5.91 Å². The van der Waals surface area contributed by atoms with E-state index in [1.807, 2.05) is 12.1 Å². The molecular weight excluding hydrogens is 319 g/mol. The van der Waals surface area contributed by atoms with Gasteiger partial charge >= 0.3 is 0 Å². The van der Waals surface area contributed by atoms with E-state index in [2.05, 4.69) is 20.4 Å². The molecule has 0 aromatic heterocycles. The second-order valence-corrected chi connectivity index (χ2v) is 6.99. The summed E-state index contributed by atoms with van der Waals surface area (Å²) in [5.41, 5.74) is 1.06. The summed E-state index contributed by atoms with van der Waals surface area (Å²) in [5, 5.41) is 6.46. The fourth-order valence-corrected chi connectivity index (χ4v) is 3.69. The zero-order chi connectivity index (χ0) is 17.5. The maximum atomic E-state index is 13.1. The topological polar surface area (TPSA) is 47.6 Å². The number of piperidine rings is 1. The third-order valence-corrected chi connectivity index (χ3v) is 5.15. The van der Waals surface area contributed by atoms with Gasteiger partial charge in [0.25, 0.3) is 0 Å². The standard InChI is InChI=1S/C19H29FN4O/c20-17-6-4-16(5-7-17)15-24-11-2-1-3-18(24)19(25)22-10-14-23-12-8-21-9-13-23/h4-7,18,21H,1-3,8-15H2,(H,22,25). The van der Waals surface area contributed by atoms with Crippen LogP contribution in [0.5, 0.6) is 0 Å². The number of nitrogens with one attached hydrogen (secondary N) is 2. The second kappa shape index (κ2) is 9.27. The van der Waals surface area contributed by atoms with Crippen LogP contribution in [-0.4, -0.2) is 67.6 Å². The fraction of sp³-hybridized carbons (Fsp3) is 0.632. The first kappa shape index (κ1) is 18.3. The van der Waals surface area contributed by atoms with Crippen molar-refractivity contribution in [2.75, 3.05) is 45.8 Å². The van der Waals surface area contributed by atoms with Crippen molar-refractivity contribution in [3.05, 3.63) is 35.6 Å². The Morgan fingerprint density at radius 2 is 1.92 bits per heavy atom. The van der Waals surface area contributed by atoms with Crippen molar-refractivity contribution in [1.29, 1.82) is 0 Å². The number of likely N-dealkylation sites (tertiary alicyclic amines) is 1. The molecule has 1 atom stereocenters. The van der Waals surface area contributed by atoms with Crippen molar-refractivity contribution in [2.45, 2.75) is 31.8 Å². The van der Waals surface area contributed by atoms with Crippen LogP contribution in [0.4, 0.5) is 4.39 Å². The van der Waals surface area contributed by atoms with E-state index >= 15 is 0 Å². The van der Waals surface area contributed by atoms with Gasteiger partial charge in [-0.05, 0) is 37.1 Å². The number of hydrogen-bond donors (Lipinski definition) is 2. The predicted octanol–water partition coefficient (Wildman–Crippen LogP) is 1.20. The molecule has 25 heavy (non-hydrogen) atoms. The molecule has 2 heterocycles. The molecule has 0 spiro atoms. The first-order valence-corrected chi connectivity index (χ1v) is 9.41. The Morgan fingerprint density at radius 3 is 2.68 bits per heavy atom. The van der Waals surface area contributed by atoms with Gasteiger partial charge in [-0.1, -0.05) is 18.6 Å². The third kappa shape index (κ3) is 5.49. The van der Waals surface area contributed by atoms with Crippen LogP contribution in [0.1, 0.15) is 24.8 Å². The number of benzene rings is 1. The van der Waals surface area contributed by atoms with E-state index in [9.17, 15) is 9.18 Å². The van der Waals surface area contributed by atoms with Gasteiger partial charge in [0.1, 0.15) is 5.82 Å². The Bertz CT molecular complexity index is 545. The molecule has 6 heteroatoms. The number of halogens is 1. The normalized spacial score (nSPS) is 22.7. The number of piperazine rings is 1. The monoisotopic (exact) mass is 348 g/mol. The molecule has 1 aromatic rings. The van der Waals surface area contributed by atoms with Crippen molar-refractivity contribution >= 4 is 5.91 Å². The minimum Gasteiger partial charge on any atom is -0.353 e. The summed E-state index contributed by atoms with van der Waals surface area (Å²) in [6.45, 7) is 7.41. The van der Waals surface area contributed by atoms with Crippen LogP contribution in [0.2, 0.25) is 0 Å². The van der Waals surface area contributed by atoms with E-state index in [1.165, 1.54) is 12.1 Å². The van der Waals surface area contributed by atoms with Crippen LogP contribution < -0.4 is 10.6 Å². The minimum absolute atomic E-state index is 0.0678. The van der Waals surface area contributed by atoms with Crippen LogP contribution >= 0.6 is 0 Å². The van der Waals surface area contributed by atoms with Gasteiger partial charge < -0.3 is 10.6 Å². The number of hydrogen-bond acceptors (Lipinski definition) is 4. The van der Waals surface area contributed by atoms with Gasteiger partial charge in [0, 0.05) is 45.8 Å². The molecule has 138 valence electrons. The van der Waals surface area contributed by atoms with Crippen molar-refractivity contribution in [3.8, 4) is 0 Å². The fourth-order valence-electron chi connectivity index (χ4n) is 3.69. The molecule has 2 fully saturated rings. The second-order valence-electron chi connectivity index (χ2n) is 6.99. The molecule has 1 aromatic carbocycles. The van der Waals surface area contributed by atoms with Crippen LogP contribution in [0.3, 0.4) is 0 Å². The lowest BCUT2D eigenvalue weighted by Crippen LogP contribution is -2.51. The molecule has 3 rings (SSSR count). The largest absolute Gasteiger partial charge is 0.353 e. The van der Waals surface area contributed by atoms with Crippen molar-refractivity contribution in [2.24, 2.45) is 0 Å². The van der Waals surface area contributed by atoms with Crippen LogP contribution in [0, 0.1) is 5.82 Å². The summed E-state index contributed by atoms with van der Waals surface area (Å²) in [7, 11) is 0. The highest BCUT2D eigenvalue weighted by Gasteiger charge is 2.28. The Labute approximate surface area is 149 Å². The summed E-state index contributed by atoms with van der Waals surface area (Å²) >= 11 is 0. The van der Waals surface area contributed by atoms with Crippen molar-refractivity contribution < 1.29 is 9.18 Å². The molecule has 2 N–H and O–H groups in total. The highest BCUT2D eigenvalue weighted by molar-refractivity contribution is 5.81. The summed E-state index contributed by atoms with van der Waals surface area (Å²) in [6.07, 6.45) is 3.11. The van der Waals surface area contributed by atoms with E-state index in [1.54, 1.807) is 0 Å². The molecule has 0 aliphatic carbocycles. The van der Waals surface area contributed by atoms with E-state index in [4.69, 9.17) is 0 Å². The first-order valence-electron chi connectivity index (χ1n) is 9.41. The summed E-state index contributed by atoms with van der Waals surface area (Å²) in [6, 6.07) is 6.53. The highest BCUT2D eigenvalue weighted by Crippen LogP contribution is 2.20. The summed E-state index contributed by atoms with van der Waals surface area (Å²) in [5.74, 6) is -0.0819. The van der Waals surface area contributed by atoms with Gasteiger partial charge in [0.15, 0.2) is 0 Å². The van der Waals surface area contributed by atoms with Gasteiger partial charge in [-0.2, -0.15) is 0 Å². The maximum Gasteiger partial charge on any atom is 0.237 e. The van der Waals surface area contributed by atoms with E-state index in [-0.39, 0.29) is 17.8 Å². The first-order chi connectivity index (χ1) is 12.2. The zero-order valence-corrected chi connectivity index (χ0v) is 14.8. The smallest absolute Gasteiger partial charge is 0.237 e. The summed E-state index contributed by atoms with van der Waals surface area (Å²) < 4.78 is 13.1. The summed E-state index contributed by atoms with van der Waals surface area (Å²) in [4.78, 5) is 17.3. The minimum atomic E-state index is -0.218. The molecule has 2 aliphatic heterocycles. The van der Waals surface area contributed by atoms with Crippen LogP contribution in [0.15, 0.2) is 24.3 Å². The highest BCUT2D eigenvalue weighted by atomic mass is 19.1. The zero-order valence-electron chi connectivity index (χ0n) is 14.8. The SMILES string of the molecule is O=C(NCCN1CCNCC1)C1CCCCN1Cc1ccc(F)cc1. The van der Waals surface area contributed by atoms with E-state index in [0.29, 0.717) is 13.1 Å². The lowest BCUT2D eigenvalue weighted by Gasteiger charge is -2.35. The van der Waals surface area contributed by atoms with Gasteiger partial charge in [0.05, 0.1) is 6.04 Å². The van der Waals surface area contributed by atoms with E-state index in [0.717, 1.165) is 64.1 Å². The Balaban J connectivity index is 1.49. The molecule has 0 saturated carbocycles. The molecular formula is C19H29FN4O. The molecule has 1 unspecified atom stereocenters. The number of carbonyl (C=O) groups is 1. The quantitative estimate of drug-likeness (QED) is 0.811. The Hall–Kier alpha value is -1.50. The molecule has 2 aliphatic rings. The third-order valence-electron chi connectivity index (χ3n) is 5.15. The van der Waals surface area contributed by atoms with Gasteiger partial charge in [-0.3, -0.25) is 14.6 Å². The van der Waals surface area contributed by atoms with Crippen molar-refractivity contribution in [3.63, 3.8) is 0 Å². The lowest BCUT2D eigenvalue weighted by molar-refractivity contribution is -0.128. The average molecular weight is 348 g/mol. The maximum absolute atomic E-state index is 13.1. The molecule has 1 amide bonds. The van der Waals surface area contributed by atoms with Crippen molar-refractivity contribution in [1.82, 2.24) is 20.4 Å². The number of carbonyl (C=O) groups excluding carboxylic acids is 1. The number of amides is 1. The van der Waals surface area contributed by atoms with Crippen LogP contribution in [0.25, 0.3) is 0 Å². The molecule has 2 saturated heterocycles. The van der Waals surface area contributed by atoms with Gasteiger partial charge in [-0.25, -0.2) is 4.39 Å². The number of rotatable bonds is 6. The lowest BCUT2D eigenvalue weighted by atomic mass is 10.0. The number of nitrogens with zero attached hydrogens (tertiary/aromatic N) is 2. The molecule has 5 nitrogen and oxygen atoms in total.